The van der Waals surface area contributed by atoms with Gasteiger partial charge in [-0.2, -0.15) is 0 Å². The van der Waals surface area contributed by atoms with Crippen LogP contribution in [0.4, 0.5) is 16.0 Å². The van der Waals surface area contributed by atoms with Gasteiger partial charge >= 0.3 is 0 Å². The van der Waals surface area contributed by atoms with E-state index < -0.39 is 15.8 Å². The lowest BCUT2D eigenvalue weighted by Gasteiger charge is -2.14. The van der Waals surface area contributed by atoms with E-state index in [0.717, 1.165) is 0 Å². The number of benzene rings is 1. The molecule has 23 heavy (non-hydrogen) atoms. The fraction of sp³-hybridized carbons (Fsp3) is 0.286. The maximum absolute atomic E-state index is 14.2. The number of anilines is 2. The zero-order valence-corrected chi connectivity index (χ0v) is 13.5. The number of nitrogens with zero attached hydrogens (tertiary/aromatic N) is 2. The van der Waals surface area contributed by atoms with Crippen molar-refractivity contribution in [1.82, 2.24) is 9.97 Å². The number of nitrogens with two attached hydrogens (primary N) is 1. The summed E-state index contributed by atoms with van der Waals surface area (Å²) in [5.74, 6) is -0.861. The minimum absolute atomic E-state index is 0.0211. The van der Waals surface area contributed by atoms with E-state index in [-0.39, 0.29) is 23.1 Å². The van der Waals surface area contributed by atoms with Gasteiger partial charge in [0.05, 0.1) is 18.6 Å². The van der Waals surface area contributed by atoms with E-state index in [1.807, 2.05) is 0 Å². The molecule has 2 aromatic rings. The van der Waals surface area contributed by atoms with Crippen molar-refractivity contribution in [3.05, 3.63) is 30.3 Å². The molecule has 3 N–H and O–H groups in total. The van der Waals surface area contributed by atoms with Crippen LogP contribution < -0.4 is 15.2 Å². The average molecular weight is 340 g/mol. The molecule has 124 valence electrons. The van der Waals surface area contributed by atoms with Crippen molar-refractivity contribution in [2.24, 2.45) is 0 Å². The quantitative estimate of drug-likeness (QED) is 0.833. The average Bonchev–Trinajstić information content (AvgIpc) is 2.47. The first-order valence-corrected chi connectivity index (χ1v) is 8.47. The monoisotopic (exact) mass is 340 g/mol. The van der Waals surface area contributed by atoms with Crippen LogP contribution in [0.2, 0.25) is 0 Å². The summed E-state index contributed by atoms with van der Waals surface area (Å²) < 4.78 is 45.4. The highest BCUT2D eigenvalue weighted by atomic mass is 32.2. The van der Waals surface area contributed by atoms with E-state index in [9.17, 15) is 12.8 Å². The molecule has 1 heterocycles. The smallest absolute Gasteiger partial charge is 0.232 e. The molecule has 9 heteroatoms. The number of ether oxygens (including phenoxy) is 1. The molecule has 0 amide bonds. The van der Waals surface area contributed by atoms with Crippen LogP contribution in [-0.2, 0) is 10.0 Å². The number of methoxy groups -OCH3 is 1. The second-order valence-corrected chi connectivity index (χ2v) is 6.63. The van der Waals surface area contributed by atoms with Crippen molar-refractivity contribution in [3.8, 4) is 16.9 Å². The predicted octanol–water partition coefficient (Wildman–Crippen LogP) is 2.03. The minimum atomic E-state index is -3.59. The van der Waals surface area contributed by atoms with Crippen molar-refractivity contribution < 1.29 is 17.5 Å². The molecule has 0 aliphatic rings. The summed E-state index contributed by atoms with van der Waals surface area (Å²) in [6.45, 7) is 1.74. The molecule has 7 nitrogen and oxygen atoms in total. The SMILES string of the molecule is CCCS(=O)(=O)Nc1cc(-c2cnc(N)nc2)cc(F)c1OC. The predicted molar refractivity (Wildman–Crippen MR) is 86.1 cm³/mol. The van der Waals surface area contributed by atoms with Gasteiger partial charge in [0.2, 0.25) is 16.0 Å². The Morgan fingerprint density at radius 2 is 1.91 bits per heavy atom. The van der Waals surface area contributed by atoms with Crippen LogP contribution in [0.1, 0.15) is 13.3 Å². The molecule has 0 radical (unpaired) electrons. The number of nitrogens with one attached hydrogen (secondary N) is 1. The maximum atomic E-state index is 14.2. The van der Waals surface area contributed by atoms with Gasteiger partial charge in [-0.1, -0.05) is 6.92 Å². The third kappa shape index (κ3) is 4.07. The molecule has 0 saturated heterocycles. The highest BCUT2D eigenvalue weighted by Gasteiger charge is 2.18. The van der Waals surface area contributed by atoms with Crippen molar-refractivity contribution >= 4 is 21.7 Å². The van der Waals surface area contributed by atoms with E-state index >= 15 is 0 Å². The summed E-state index contributed by atoms with van der Waals surface area (Å²) in [4.78, 5) is 7.67. The highest BCUT2D eigenvalue weighted by molar-refractivity contribution is 7.92. The molecule has 0 bridgehead atoms. The molecular weight excluding hydrogens is 323 g/mol. The Kier molecular flexibility index (Phi) is 4.99. The summed E-state index contributed by atoms with van der Waals surface area (Å²) >= 11 is 0. The number of hydrogen-bond acceptors (Lipinski definition) is 6. The van der Waals surface area contributed by atoms with Gasteiger partial charge in [-0.05, 0) is 24.1 Å². The Balaban J connectivity index is 2.50. The molecule has 0 unspecified atom stereocenters. The molecule has 0 aliphatic heterocycles. The van der Waals surface area contributed by atoms with Crippen molar-refractivity contribution in [3.63, 3.8) is 0 Å². The largest absolute Gasteiger partial charge is 0.492 e. The van der Waals surface area contributed by atoms with Gasteiger partial charge in [0.15, 0.2) is 11.6 Å². The lowest BCUT2D eigenvalue weighted by Crippen LogP contribution is -2.17. The van der Waals surface area contributed by atoms with Crippen molar-refractivity contribution in [1.29, 1.82) is 0 Å². The summed E-state index contributed by atoms with van der Waals surface area (Å²) in [6.07, 6.45) is 3.29. The first-order valence-electron chi connectivity index (χ1n) is 6.82. The molecular formula is C14H17FN4O3S. The number of nitrogen functional groups attached to an aromatic ring is 1. The Morgan fingerprint density at radius 3 is 2.48 bits per heavy atom. The van der Waals surface area contributed by atoms with Crippen LogP contribution in [0.5, 0.6) is 5.75 Å². The Labute approximate surface area is 133 Å². The number of aromatic nitrogens is 2. The first-order chi connectivity index (χ1) is 10.9. The summed E-state index contributed by atoms with van der Waals surface area (Å²) in [6, 6.07) is 2.68. The molecule has 0 aliphatic carbocycles. The maximum Gasteiger partial charge on any atom is 0.232 e. The summed E-state index contributed by atoms with van der Waals surface area (Å²) in [5, 5.41) is 0. The Bertz CT molecular complexity index is 794. The van der Waals surface area contributed by atoms with E-state index in [2.05, 4.69) is 14.7 Å². The van der Waals surface area contributed by atoms with Gasteiger partial charge in [0.1, 0.15) is 0 Å². The third-order valence-corrected chi connectivity index (χ3v) is 4.47. The first kappa shape index (κ1) is 16.9. The van der Waals surface area contributed by atoms with Gasteiger partial charge in [-0.15, -0.1) is 0 Å². The van der Waals surface area contributed by atoms with Gasteiger partial charge in [0.25, 0.3) is 0 Å². The summed E-state index contributed by atoms with van der Waals surface area (Å²) in [7, 11) is -2.32. The van der Waals surface area contributed by atoms with Crippen LogP contribution >= 0.6 is 0 Å². The van der Waals surface area contributed by atoms with Crippen molar-refractivity contribution in [2.45, 2.75) is 13.3 Å². The molecule has 0 atom stereocenters. The lowest BCUT2D eigenvalue weighted by atomic mass is 10.1. The molecule has 0 saturated carbocycles. The van der Waals surface area contributed by atoms with Crippen LogP contribution in [0.3, 0.4) is 0 Å². The van der Waals surface area contributed by atoms with Gasteiger partial charge in [-0.25, -0.2) is 22.8 Å². The fourth-order valence-electron chi connectivity index (χ4n) is 2.02. The second-order valence-electron chi connectivity index (χ2n) is 4.79. The molecule has 0 spiro atoms. The molecule has 1 aromatic carbocycles. The summed E-state index contributed by atoms with van der Waals surface area (Å²) in [5.41, 5.74) is 6.34. The Hall–Kier alpha value is -2.42. The number of rotatable bonds is 6. The second kappa shape index (κ2) is 6.78. The van der Waals surface area contributed by atoms with Gasteiger partial charge in [-0.3, -0.25) is 4.72 Å². The molecule has 2 rings (SSSR count). The zero-order valence-electron chi connectivity index (χ0n) is 12.7. The zero-order chi connectivity index (χ0) is 17.0. The highest BCUT2D eigenvalue weighted by Crippen LogP contribution is 2.34. The lowest BCUT2D eigenvalue weighted by molar-refractivity contribution is 0.389. The third-order valence-electron chi connectivity index (χ3n) is 2.99. The van der Waals surface area contributed by atoms with Crippen molar-refractivity contribution in [2.75, 3.05) is 23.3 Å². The topological polar surface area (TPSA) is 107 Å². The Morgan fingerprint density at radius 1 is 1.26 bits per heavy atom. The number of hydrogen-bond donors (Lipinski definition) is 2. The van der Waals surface area contributed by atoms with Crippen LogP contribution in [0.15, 0.2) is 24.5 Å². The number of halogens is 1. The normalized spacial score (nSPS) is 11.3. The number of sulfonamides is 1. The molecule has 0 fully saturated rings. The standard InChI is InChI=1S/C14H17FN4O3S/c1-3-4-23(20,21)19-12-6-9(5-11(15)13(12)22-2)10-7-17-14(16)18-8-10/h5-8,19H,3-4H2,1-2H3,(H2,16,17,18). The van der Waals surface area contributed by atoms with Gasteiger partial charge in [0, 0.05) is 18.0 Å². The van der Waals surface area contributed by atoms with Crippen LogP contribution in [0, 0.1) is 5.82 Å². The van der Waals surface area contributed by atoms with Crippen LogP contribution in [-0.4, -0.2) is 31.2 Å². The van der Waals surface area contributed by atoms with E-state index in [4.69, 9.17) is 10.5 Å². The van der Waals surface area contributed by atoms with E-state index in [1.165, 1.54) is 31.6 Å². The van der Waals surface area contributed by atoms with Gasteiger partial charge < -0.3 is 10.5 Å². The van der Waals surface area contributed by atoms with E-state index in [1.54, 1.807) is 6.92 Å². The van der Waals surface area contributed by atoms with Crippen LogP contribution in [0.25, 0.3) is 11.1 Å². The fourth-order valence-corrected chi connectivity index (χ4v) is 3.14. The molecule has 1 aromatic heterocycles. The van der Waals surface area contributed by atoms with E-state index in [0.29, 0.717) is 17.5 Å². The minimum Gasteiger partial charge on any atom is -0.492 e.